The summed E-state index contributed by atoms with van der Waals surface area (Å²) in [7, 11) is 0. The van der Waals surface area contributed by atoms with Crippen LogP contribution in [-0.4, -0.2) is 89.2 Å². The lowest BCUT2D eigenvalue weighted by atomic mass is 9.98. The molecule has 6 atom stereocenters. The zero-order valence-corrected chi connectivity index (χ0v) is 50.0. The molecule has 1 fully saturated rings. The maximum Gasteiger partial charge on any atom is 0.335 e. The first kappa shape index (κ1) is 73.6. The number of carboxylic acid groups (broad SMARTS) is 1. The first-order chi connectivity index (χ1) is 39.6. The van der Waals surface area contributed by atoms with Crippen LogP contribution in [0, 0.1) is 0 Å². The van der Waals surface area contributed by atoms with Crippen molar-refractivity contribution in [1.82, 2.24) is 0 Å². The van der Waals surface area contributed by atoms with Crippen molar-refractivity contribution in [3.63, 3.8) is 0 Å². The van der Waals surface area contributed by atoms with Gasteiger partial charge in [0.2, 0.25) is 0 Å². The molecule has 0 bridgehead atoms. The summed E-state index contributed by atoms with van der Waals surface area (Å²) < 4.78 is 28.4. The maximum atomic E-state index is 13.2. The fourth-order valence-corrected chi connectivity index (χ4v) is 8.28. The zero-order chi connectivity index (χ0) is 58.9. The highest BCUT2D eigenvalue weighted by atomic mass is 16.7. The van der Waals surface area contributed by atoms with E-state index in [1.165, 1.54) is 0 Å². The number of aliphatic hydroxyl groups excluding tert-OH is 2. The minimum atomic E-state index is -1.93. The predicted molar refractivity (Wildman–Crippen MR) is 330 cm³/mol. The third-order valence-corrected chi connectivity index (χ3v) is 12.9. The average Bonchev–Trinajstić information content (AvgIpc) is 3.54. The van der Waals surface area contributed by atoms with E-state index in [4.69, 9.17) is 23.7 Å². The number of carboxylic acids is 1. The van der Waals surface area contributed by atoms with Crippen molar-refractivity contribution in [2.75, 3.05) is 13.2 Å². The molecular weight excluding hydrogens is 1020 g/mol. The van der Waals surface area contributed by atoms with Crippen LogP contribution >= 0.6 is 0 Å². The Morgan fingerprint density at radius 1 is 0.407 bits per heavy atom. The van der Waals surface area contributed by atoms with Crippen LogP contribution in [0.3, 0.4) is 0 Å². The third-order valence-electron chi connectivity index (χ3n) is 12.9. The molecule has 81 heavy (non-hydrogen) atoms. The number of carbonyl (C=O) groups excluding carboxylic acids is 3. The number of esters is 3. The summed E-state index contributed by atoms with van der Waals surface area (Å²) in [5.74, 6) is -3.26. The molecule has 12 nitrogen and oxygen atoms in total. The van der Waals surface area contributed by atoms with Gasteiger partial charge >= 0.3 is 23.9 Å². The Morgan fingerprint density at radius 2 is 0.741 bits per heavy atom. The molecule has 0 aromatic rings. The zero-order valence-electron chi connectivity index (χ0n) is 50.0. The van der Waals surface area contributed by atoms with Gasteiger partial charge in [-0.1, -0.05) is 205 Å². The van der Waals surface area contributed by atoms with Gasteiger partial charge in [0.1, 0.15) is 18.8 Å². The van der Waals surface area contributed by atoms with E-state index in [0.29, 0.717) is 19.3 Å². The SMILES string of the molecule is CC/C=C\C/C=C\C/C=C\C/C=C\C/C=C\CCCCCC(=O)OC1C(OCC(COC(=O)CCCCCCCCC/C=C\C/C=C\C/C=C\CC)OC(=O)CCCC/C=C\C/C=C\C/C=C\C/C=C\CC)OC(C(=O)O)C(O)C1O. The van der Waals surface area contributed by atoms with E-state index in [2.05, 4.69) is 167 Å². The Labute approximate surface area is 489 Å². The molecule has 0 aromatic heterocycles. The highest BCUT2D eigenvalue weighted by molar-refractivity contribution is 5.74. The lowest BCUT2D eigenvalue weighted by Gasteiger charge is -2.40. The molecular formula is C69H106O12. The second kappa shape index (κ2) is 55.2. The summed E-state index contributed by atoms with van der Waals surface area (Å²) in [5, 5.41) is 31.5. The van der Waals surface area contributed by atoms with Crippen LogP contribution in [0.5, 0.6) is 0 Å². The van der Waals surface area contributed by atoms with E-state index in [1.54, 1.807) is 0 Å². The van der Waals surface area contributed by atoms with Gasteiger partial charge in [-0.15, -0.1) is 0 Å². The Bertz CT molecular complexity index is 1960. The first-order valence-corrected chi connectivity index (χ1v) is 30.8. The summed E-state index contributed by atoms with van der Waals surface area (Å²) in [6, 6.07) is 0. The van der Waals surface area contributed by atoms with Crippen molar-refractivity contribution in [1.29, 1.82) is 0 Å². The Hall–Kier alpha value is -5.40. The number of hydrogen-bond donors (Lipinski definition) is 3. The van der Waals surface area contributed by atoms with Crippen molar-refractivity contribution in [2.45, 2.75) is 250 Å². The minimum Gasteiger partial charge on any atom is -0.479 e. The van der Waals surface area contributed by atoms with Gasteiger partial charge < -0.3 is 39.0 Å². The lowest BCUT2D eigenvalue weighted by molar-refractivity contribution is -0.301. The molecule has 0 radical (unpaired) electrons. The van der Waals surface area contributed by atoms with Crippen LogP contribution in [0.1, 0.15) is 213 Å². The topological polar surface area (TPSA) is 175 Å². The monoisotopic (exact) mass is 1130 g/mol. The van der Waals surface area contributed by atoms with E-state index in [1.807, 2.05) is 0 Å². The van der Waals surface area contributed by atoms with Gasteiger partial charge in [-0.25, -0.2) is 4.79 Å². The smallest absolute Gasteiger partial charge is 0.335 e. The van der Waals surface area contributed by atoms with E-state index >= 15 is 0 Å². The molecule has 1 aliphatic heterocycles. The highest BCUT2D eigenvalue weighted by Crippen LogP contribution is 2.26. The van der Waals surface area contributed by atoms with Gasteiger partial charge in [0.25, 0.3) is 0 Å². The molecule has 1 heterocycles. The van der Waals surface area contributed by atoms with Crippen molar-refractivity contribution >= 4 is 23.9 Å². The van der Waals surface area contributed by atoms with Gasteiger partial charge in [-0.2, -0.15) is 0 Å². The van der Waals surface area contributed by atoms with Crippen LogP contribution in [0.15, 0.2) is 146 Å². The molecule has 0 aliphatic carbocycles. The summed E-state index contributed by atoms with van der Waals surface area (Å²) in [6.07, 6.45) is 66.7. The predicted octanol–water partition coefficient (Wildman–Crippen LogP) is 16.3. The van der Waals surface area contributed by atoms with Gasteiger partial charge in [-0.05, 0) is 135 Å². The van der Waals surface area contributed by atoms with Gasteiger partial charge in [0, 0.05) is 19.3 Å². The highest BCUT2D eigenvalue weighted by Gasteiger charge is 2.50. The number of aliphatic hydroxyl groups is 2. The van der Waals surface area contributed by atoms with E-state index in [0.717, 1.165) is 154 Å². The number of hydrogen-bond acceptors (Lipinski definition) is 11. The van der Waals surface area contributed by atoms with Crippen LogP contribution in [0.25, 0.3) is 0 Å². The van der Waals surface area contributed by atoms with E-state index in [-0.39, 0.29) is 25.9 Å². The molecule has 12 heteroatoms. The second-order valence-corrected chi connectivity index (χ2v) is 20.2. The first-order valence-electron chi connectivity index (χ1n) is 30.8. The number of carbonyl (C=O) groups is 4. The van der Waals surface area contributed by atoms with E-state index in [9.17, 15) is 34.5 Å². The quantitative estimate of drug-likeness (QED) is 0.0228. The molecule has 0 spiro atoms. The van der Waals surface area contributed by atoms with Crippen LogP contribution in [0.4, 0.5) is 0 Å². The van der Waals surface area contributed by atoms with Crippen LogP contribution in [-0.2, 0) is 42.9 Å². The molecule has 454 valence electrons. The molecule has 1 rings (SSSR count). The van der Waals surface area contributed by atoms with Gasteiger partial charge in [0.15, 0.2) is 24.6 Å². The Morgan fingerprint density at radius 3 is 1.16 bits per heavy atom. The standard InChI is InChI=1S/C69H106O12/c1-4-7-10-13-16-19-22-25-28-30-31-33-36-39-42-45-48-51-54-57-63(72)80-67-65(74)64(73)66(68(75)76)81-69(67)78-59-60(79-62(71)56-53-50-47-44-41-38-34-27-24-21-18-15-12-9-6-3)58-77-61(70)55-52-49-46-43-40-37-35-32-29-26-23-20-17-14-11-8-5-2/h7-12,16-21,25-29,31,33-34,39,41-42,44,60,64-67,69,73-74H,4-6,13-15,22-24,30,32,35-38,40,43,45-59H2,1-3H3,(H,75,76)/b10-7-,11-8-,12-9-,19-16-,20-17-,21-18-,28-25-,29-26-,33-31-,34-27-,42-39-,44-41-. The molecule has 0 amide bonds. The summed E-state index contributed by atoms with van der Waals surface area (Å²) in [4.78, 5) is 51.2. The fraction of sp³-hybridized carbons (Fsp3) is 0.594. The van der Waals surface area contributed by atoms with Crippen molar-refractivity contribution in [3.8, 4) is 0 Å². The Kier molecular flexibility index (Phi) is 50.1. The number of aliphatic carboxylic acids is 1. The van der Waals surface area contributed by atoms with Gasteiger partial charge in [0.05, 0.1) is 6.61 Å². The largest absolute Gasteiger partial charge is 0.479 e. The molecule has 0 aromatic carbocycles. The van der Waals surface area contributed by atoms with Crippen molar-refractivity contribution in [3.05, 3.63) is 146 Å². The van der Waals surface area contributed by atoms with Crippen molar-refractivity contribution in [2.24, 2.45) is 0 Å². The average molecular weight is 1130 g/mol. The number of rotatable bonds is 50. The molecule has 1 saturated heterocycles. The fourth-order valence-electron chi connectivity index (χ4n) is 8.28. The summed E-state index contributed by atoms with van der Waals surface area (Å²) in [6.45, 7) is 5.59. The lowest BCUT2D eigenvalue weighted by Crippen LogP contribution is -2.61. The second-order valence-electron chi connectivity index (χ2n) is 20.2. The van der Waals surface area contributed by atoms with Crippen LogP contribution in [0.2, 0.25) is 0 Å². The summed E-state index contributed by atoms with van der Waals surface area (Å²) >= 11 is 0. The third kappa shape index (κ3) is 44.9. The van der Waals surface area contributed by atoms with Crippen molar-refractivity contribution < 1.29 is 58.2 Å². The number of ether oxygens (including phenoxy) is 5. The number of unbranched alkanes of at least 4 members (excludes halogenated alkanes) is 12. The molecule has 6 unspecified atom stereocenters. The minimum absolute atomic E-state index is 0.00672. The molecule has 0 saturated carbocycles. The molecule has 3 N–H and O–H groups in total. The normalized spacial score (nSPS) is 18.8. The molecule has 1 aliphatic rings. The van der Waals surface area contributed by atoms with Crippen LogP contribution < -0.4 is 0 Å². The Balaban J connectivity index is 2.74. The van der Waals surface area contributed by atoms with Gasteiger partial charge in [-0.3, -0.25) is 14.4 Å². The maximum absolute atomic E-state index is 13.2. The van der Waals surface area contributed by atoms with E-state index < -0.39 is 67.3 Å². The number of allylic oxidation sites excluding steroid dienone is 24. The summed E-state index contributed by atoms with van der Waals surface area (Å²) in [5.41, 5.74) is 0.